The van der Waals surface area contributed by atoms with Gasteiger partial charge >= 0.3 is 0 Å². The van der Waals surface area contributed by atoms with Crippen LogP contribution in [0.5, 0.6) is 0 Å². The summed E-state index contributed by atoms with van der Waals surface area (Å²) < 4.78 is 0.885. The van der Waals surface area contributed by atoms with Crippen molar-refractivity contribution < 1.29 is 9.59 Å². The van der Waals surface area contributed by atoms with Crippen molar-refractivity contribution in [2.75, 3.05) is 13.6 Å². The first-order valence-electron chi connectivity index (χ1n) is 5.81. The second-order valence-corrected chi connectivity index (χ2v) is 6.08. The molecule has 0 saturated heterocycles. The zero-order valence-corrected chi connectivity index (χ0v) is 13.9. The van der Waals surface area contributed by atoms with E-state index >= 15 is 0 Å². The number of nitrogens with zero attached hydrogens (tertiary/aromatic N) is 1. The molecular weight excluding hydrogens is 379 g/mol. The quantitative estimate of drug-likeness (QED) is 0.798. The molecule has 0 spiro atoms. The monoisotopic (exact) mass is 394 g/mol. The van der Waals surface area contributed by atoms with Gasteiger partial charge in [0.05, 0.1) is 11.6 Å². The predicted molar refractivity (Wildman–Crippen MR) is 84.4 cm³/mol. The van der Waals surface area contributed by atoms with E-state index in [4.69, 9.17) is 11.6 Å². The molecule has 0 atom stereocenters. The Morgan fingerprint density at radius 1 is 1.42 bits per heavy atom. The molecule has 0 fully saturated rings. The van der Waals surface area contributed by atoms with Crippen molar-refractivity contribution in [2.45, 2.75) is 19.9 Å². The smallest absolute Gasteiger partial charge is 0.254 e. The molecule has 0 saturated carbocycles. The lowest BCUT2D eigenvalue weighted by molar-refractivity contribution is -0.122. The van der Waals surface area contributed by atoms with Gasteiger partial charge in [-0.15, -0.1) is 0 Å². The van der Waals surface area contributed by atoms with Crippen molar-refractivity contribution >= 4 is 46.0 Å². The molecule has 0 aliphatic rings. The molecule has 0 aliphatic heterocycles. The molecule has 0 unspecified atom stereocenters. The number of rotatable bonds is 4. The van der Waals surface area contributed by atoms with Crippen molar-refractivity contribution in [3.05, 3.63) is 32.4 Å². The highest BCUT2D eigenvalue weighted by atomic mass is 127. The maximum atomic E-state index is 12.1. The van der Waals surface area contributed by atoms with E-state index in [1.54, 1.807) is 25.2 Å². The van der Waals surface area contributed by atoms with Gasteiger partial charge in [-0.3, -0.25) is 9.59 Å². The molecule has 19 heavy (non-hydrogen) atoms. The molecule has 6 heteroatoms. The summed E-state index contributed by atoms with van der Waals surface area (Å²) in [5, 5.41) is 3.27. The minimum absolute atomic E-state index is 0.0284. The second-order valence-electron chi connectivity index (χ2n) is 4.51. The molecule has 0 heterocycles. The Kier molecular flexibility index (Phi) is 6.06. The van der Waals surface area contributed by atoms with Crippen LogP contribution in [0.25, 0.3) is 0 Å². The maximum Gasteiger partial charge on any atom is 0.254 e. The Hall–Kier alpha value is -0.820. The van der Waals surface area contributed by atoms with Gasteiger partial charge in [-0.1, -0.05) is 11.6 Å². The molecule has 0 bridgehead atoms. The third kappa shape index (κ3) is 4.99. The van der Waals surface area contributed by atoms with Crippen LogP contribution in [0.3, 0.4) is 0 Å². The third-order valence-electron chi connectivity index (χ3n) is 2.34. The summed E-state index contributed by atoms with van der Waals surface area (Å²) in [6.07, 6.45) is 0. The van der Waals surface area contributed by atoms with Gasteiger partial charge in [0.15, 0.2) is 0 Å². The fraction of sp³-hybridized carbons (Fsp3) is 0.385. The van der Waals surface area contributed by atoms with Crippen molar-refractivity contribution in [3.8, 4) is 0 Å². The van der Waals surface area contributed by atoms with E-state index < -0.39 is 0 Å². The molecule has 2 amide bonds. The van der Waals surface area contributed by atoms with E-state index in [9.17, 15) is 9.59 Å². The number of carbonyl (C=O) groups excluding carboxylic acids is 2. The largest absolute Gasteiger partial charge is 0.352 e. The molecule has 1 aromatic carbocycles. The van der Waals surface area contributed by atoms with Crippen LogP contribution in [-0.4, -0.2) is 36.3 Å². The molecule has 0 aromatic heterocycles. The first-order chi connectivity index (χ1) is 8.81. The molecule has 0 radical (unpaired) electrons. The topological polar surface area (TPSA) is 49.4 Å². The lowest BCUT2D eigenvalue weighted by atomic mass is 10.2. The standard InChI is InChI=1S/C13H16ClIN2O2/c1-8(2)16-12(18)7-17(3)13(19)9-4-5-11(15)10(14)6-9/h4-6,8H,7H2,1-3H3,(H,16,18). The summed E-state index contributed by atoms with van der Waals surface area (Å²) in [4.78, 5) is 25.1. The highest BCUT2D eigenvalue weighted by molar-refractivity contribution is 14.1. The van der Waals surface area contributed by atoms with Crippen molar-refractivity contribution in [2.24, 2.45) is 0 Å². The molecule has 1 aromatic rings. The average molecular weight is 395 g/mol. The highest BCUT2D eigenvalue weighted by Gasteiger charge is 2.16. The van der Waals surface area contributed by atoms with Crippen LogP contribution >= 0.6 is 34.2 Å². The van der Waals surface area contributed by atoms with Crippen LogP contribution < -0.4 is 5.32 Å². The van der Waals surface area contributed by atoms with Crippen LogP contribution in [0.2, 0.25) is 5.02 Å². The SMILES string of the molecule is CC(C)NC(=O)CN(C)C(=O)c1ccc(I)c(Cl)c1. The normalized spacial score (nSPS) is 10.4. The zero-order chi connectivity index (χ0) is 14.6. The van der Waals surface area contributed by atoms with Gasteiger partial charge in [0.2, 0.25) is 5.91 Å². The summed E-state index contributed by atoms with van der Waals surface area (Å²) in [5.41, 5.74) is 0.477. The minimum Gasteiger partial charge on any atom is -0.352 e. The van der Waals surface area contributed by atoms with Gasteiger partial charge < -0.3 is 10.2 Å². The van der Waals surface area contributed by atoms with Gasteiger partial charge in [0.25, 0.3) is 5.91 Å². The van der Waals surface area contributed by atoms with Crippen LogP contribution in [0.1, 0.15) is 24.2 Å². The Balaban J connectivity index is 2.71. The number of benzene rings is 1. The Morgan fingerprint density at radius 2 is 2.05 bits per heavy atom. The van der Waals surface area contributed by atoms with Crippen LogP contribution in [0, 0.1) is 3.57 Å². The Morgan fingerprint density at radius 3 is 2.58 bits per heavy atom. The average Bonchev–Trinajstić information content (AvgIpc) is 2.30. The fourth-order valence-corrected chi connectivity index (χ4v) is 2.02. The van der Waals surface area contributed by atoms with Crippen LogP contribution in [0.4, 0.5) is 0 Å². The number of hydrogen-bond acceptors (Lipinski definition) is 2. The fourth-order valence-electron chi connectivity index (χ4n) is 1.50. The Labute approximate surface area is 131 Å². The van der Waals surface area contributed by atoms with Crippen molar-refractivity contribution in [3.63, 3.8) is 0 Å². The van der Waals surface area contributed by atoms with Crippen molar-refractivity contribution in [1.82, 2.24) is 10.2 Å². The number of hydrogen-bond donors (Lipinski definition) is 1. The van der Waals surface area contributed by atoms with Crippen molar-refractivity contribution in [1.29, 1.82) is 0 Å². The number of carbonyl (C=O) groups is 2. The molecular formula is C13H16ClIN2O2. The molecule has 0 aliphatic carbocycles. The van der Waals surface area contributed by atoms with Gasteiger partial charge in [-0.2, -0.15) is 0 Å². The lowest BCUT2D eigenvalue weighted by Crippen LogP contribution is -2.40. The first kappa shape index (κ1) is 16.2. The van der Waals surface area contributed by atoms with E-state index in [0.717, 1.165) is 3.57 Å². The first-order valence-corrected chi connectivity index (χ1v) is 7.26. The van der Waals surface area contributed by atoms with Gasteiger partial charge in [-0.25, -0.2) is 0 Å². The number of likely N-dealkylation sites (N-methyl/N-ethyl adjacent to an activating group) is 1. The van der Waals surface area contributed by atoms with E-state index in [1.807, 2.05) is 13.8 Å². The number of nitrogens with one attached hydrogen (secondary N) is 1. The van der Waals surface area contributed by atoms with Crippen LogP contribution in [0.15, 0.2) is 18.2 Å². The summed E-state index contributed by atoms with van der Waals surface area (Å²) >= 11 is 8.07. The highest BCUT2D eigenvalue weighted by Crippen LogP contribution is 2.20. The van der Waals surface area contributed by atoms with E-state index in [1.165, 1.54) is 4.90 Å². The summed E-state index contributed by atoms with van der Waals surface area (Å²) in [6, 6.07) is 5.15. The summed E-state index contributed by atoms with van der Waals surface area (Å²) in [6.45, 7) is 3.78. The molecule has 1 rings (SSSR count). The number of halogens is 2. The lowest BCUT2D eigenvalue weighted by Gasteiger charge is -2.18. The van der Waals surface area contributed by atoms with Gasteiger partial charge in [0.1, 0.15) is 0 Å². The van der Waals surface area contributed by atoms with Gasteiger partial charge in [-0.05, 0) is 54.6 Å². The second kappa shape index (κ2) is 7.09. The van der Waals surface area contributed by atoms with E-state index in [-0.39, 0.29) is 24.4 Å². The third-order valence-corrected chi connectivity index (χ3v) is 3.92. The zero-order valence-electron chi connectivity index (χ0n) is 11.0. The molecule has 1 N–H and O–H groups in total. The molecule has 4 nitrogen and oxygen atoms in total. The van der Waals surface area contributed by atoms with E-state index in [2.05, 4.69) is 27.9 Å². The van der Waals surface area contributed by atoms with Crippen LogP contribution in [-0.2, 0) is 4.79 Å². The Bertz CT molecular complexity index is 492. The van der Waals surface area contributed by atoms with E-state index in [0.29, 0.717) is 10.6 Å². The summed E-state index contributed by atoms with van der Waals surface area (Å²) in [7, 11) is 1.59. The predicted octanol–water partition coefficient (Wildman–Crippen LogP) is 2.54. The number of amides is 2. The summed E-state index contributed by atoms with van der Waals surface area (Å²) in [5.74, 6) is -0.403. The molecule has 104 valence electrons. The maximum absolute atomic E-state index is 12.1. The minimum atomic E-state index is -0.225. The van der Waals surface area contributed by atoms with Gasteiger partial charge in [0, 0.05) is 22.2 Å².